The van der Waals surface area contributed by atoms with Crippen molar-refractivity contribution in [3.05, 3.63) is 25.3 Å². The molecule has 8 nitrogen and oxygen atoms in total. The summed E-state index contributed by atoms with van der Waals surface area (Å²) in [4.78, 5) is 74.3. The second kappa shape index (κ2) is 34.0. The van der Waals surface area contributed by atoms with Crippen LogP contribution in [0.5, 0.6) is 0 Å². The maximum atomic E-state index is 9.29. The molecule has 0 N–H and O–H groups in total. The molecule has 0 saturated heterocycles. The first kappa shape index (κ1) is 57.0. The Balaban J connectivity index is -0.0000000353. The standard InChI is InChI=1S/C6H10S2.3Mo.4H3O2PS2/c1-3-5-7-8-6-4-2;;;;4*1-3(2,4)5/h3-4H,1-2,5-6H2;;;;4*(H3,1,2,4,5)/q;3*+4;;;;/p-12. The molecule has 0 aliphatic rings. The van der Waals surface area contributed by atoms with Crippen LogP contribution in [0.2, 0.25) is 0 Å². The largest absolute Gasteiger partial charge is 4.00 e. The van der Waals surface area contributed by atoms with Gasteiger partial charge in [0, 0.05) is 11.5 Å². The van der Waals surface area contributed by atoms with Gasteiger partial charge in [0.2, 0.25) is 0 Å². The predicted octanol–water partition coefficient (Wildman–Crippen LogP) is -3.35. The fraction of sp³-hybridized carbons (Fsp3) is 0.333. The Kier molecular flexibility index (Phi) is 62.4. The third-order valence-corrected chi connectivity index (χ3v) is 2.68. The van der Waals surface area contributed by atoms with Crippen LogP contribution in [0.1, 0.15) is 0 Å². The molecule has 0 rings (SSSR count). The summed E-state index contributed by atoms with van der Waals surface area (Å²) >= 11 is 29.1. The average Bonchev–Trinajstić information content (AvgIpc) is 2.26. The summed E-state index contributed by atoms with van der Waals surface area (Å²) in [5, 5.41) is 0. The summed E-state index contributed by atoms with van der Waals surface area (Å²) in [5.41, 5.74) is -14.9. The van der Waals surface area contributed by atoms with E-state index >= 15 is 0 Å². The van der Waals surface area contributed by atoms with Gasteiger partial charge in [0.25, 0.3) is 0 Å². The normalized spacial score (nSPS) is 9.81. The van der Waals surface area contributed by atoms with Crippen molar-refractivity contribution in [3.8, 4) is 0 Å². The maximum Gasteiger partial charge on any atom is 4.00 e. The van der Waals surface area contributed by atoms with Gasteiger partial charge in [-0.1, -0.05) is 33.7 Å². The molecule has 0 amide bonds. The van der Waals surface area contributed by atoms with Crippen LogP contribution in [0.25, 0.3) is 0 Å². The van der Waals surface area contributed by atoms with E-state index in [2.05, 4.69) is 109 Å². The third kappa shape index (κ3) is 346. The van der Waals surface area contributed by atoms with E-state index in [9.17, 15) is 39.1 Å². The molecule has 0 aromatic heterocycles. The molecule has 0 heterocycles. The van der Waals surface area contributed by atoms with Crippen LogP contribution in [0, 0.1) is 0 Å². The molecule has 0 fully saturated rings. The van der Waals surface area contributed by atoms with Crippen LogP contribution in [0.3, 0.4) is 0 Å². The molecule has 180 valence electrons. The Hall–Kier alpha value is 5.92. The van der Waals surface area contributed by atoms with Gasteiger partial charge < -0.3 is 111 Å². The summed E-state index contributed by atoms with van der Waals surface area (Å²) in [7, 11) is 3.61. The van der Waals surface area contributed by atoms with Crippen molar-refractivity contribution in [2.45, 2.75) is 0 Å². The van der Waals surface area contributed by atoms with Gasteiger partial charge in [0.1, 0.15) is 0 Å². The van der Waals surface area contributed by atoms with Gasteiger partial charge in [0.05, 0.1) is 0 Å². The van der Waals surface area contributed by atoms with Gasteiger partial charge in [-0.3, -0.25) is 0 Å². The molecular formula is C6H10Mo3O8P4S10. The molecule has 0 bridgehead atoms. The minimum Gasteiger partial charge on any atom is -0.850 e. The van der Waals surface area contributed by atoms with Gasteiger partial charge in [-0.15, -0.1) is 13.2 Å². The molecule has 0 atom stereocenters. The van der Waals surface area contributed by atoms with Crippen molar-refractivity contribution in [2.75, 3.05) is 11.5 Å². The molecule has 0 saturated carbocycles. The van der Waals surface area contributed by atoms with E-state index in [1.54, 1.807) is 21.6 Å². The van der Waals surface area contributed by atoms with Gasteiger partial charge >= 0.3 is 63.2 Å². The SMILES string of the molecule is C=CCSSCC=C.[Mo+4].[Mo+4].[Mo+4].[O-]P([O-])(=S)[S-].[O-]P([O-])(=S)[S-].[O-]P([O-])(=S)[S-].[O-]P([O-])(=S)[S-]. The minimum absolute atomic E-state index is 0. The summed E-state index contributed by atoms with van der Waals surface area (Å²) in [6.45, 7) is 7.20. The van der Waals surface area contributed by atoms with E-state index in [1.807, 2.05) is 12.2 Å². The Bertz CT molecular complexity index is 457. The first-order valence-corrected chi connectivity index (χ1v) is 22.4. The van der Waals surface area contributed by atoms with E-state index in [1.165, 1.54) is 0 Å². The number of hydrogen-bond donors (Lipinski definition) is 0. The Morgan fingerprint density at radius 3 is 0.710 bits per heavy atom. The van der Waals surface area contributed by atoms with Gasteiger partial charge in [-0.25, -0.2) is 0 Å². The fourth-order valence-electron chi connectivity index (χ4n) is 0.192. The molecule has 0 spiro atoms. The summed E-state index contributed by atoms with van der Waals surface area (Å²) in [6, 6.07) is 0. The maximum absolute atomic E-state index is 9.29. The zero-order chi connectivity index (χ0) is 24.2. The second-order valence-corrected chi connectivity index (χ2v) is 23.4. The quantitative estimate of drug-likeness (QED) is 0.0665. The van der Waals surface area contributed by atoms with Gasteiger partial charge in [-0.05, 0) is 0 Å². The smallest absolute Gasteiger partial charge is 0.850 e. The van der Waals surface area contributed by atoms with Crippen molar-refractivity contribution in [3.63, 3.8) is 0 Å². The van der Waals surface area contributed by atoms with E-state index in [-0.39, 0.29) is 63.2 Å². The third-order valence-electron chi connectivity index (χ3n) is 0.455. The Labute approximate surface area is 275 Å². The molecule has 0 unspecified atom stereocenters. The van der Waals surface area contributed by atoms with E-state index < -0.39 is 22.8 Å². The molecule has 0 radical (unpaired) electrons. The fourth-order valence-corrected chi connectivity index (χ4v) is 1.73. The van der Waals surface area contributed by atoms with Gasteiger partial charge in [0.15, 0.2) is 0 Å². The summed E-state index contributed by atoms with van der Waals surface area (Å²) in [6.07, 6.45) is 3.81. The monoisotopic (exact) mass is 947 g/mol. The van der Waals surface area contributed by atoms with E-state index in [4.69, 9.17) is 0 Å². The Morgan fingerprint density at radius 1 is 0.548 bits per heavy atom. The van der Waals surface area contributed by atoms with Crippen LogP contribution in [-0.2, 0) is 159 Å². The molecule has 0 aromatic rings. The van der Waals surface area contributed by atoms with Crippen LogP contribution in [0.4, 0.5) is 0 Å². The van der Waals surface area contributed by atoms with Crippen molar-refractivity contribution in [2.24, 2.45) is 0 Å². The van der Waals surface area contributed by atoms with Crippen LogP contribution >= 0.6 is 44.4 Å². The van der Waals surface area contributed by atoms with Crippen molar-refractivity contribution < 1.29 is 102 Å². The van der Waals surface area contributed by atoms with Crippen molar-refractivity contribution in [1.29, 1.82) is 0 Å². The van der Waals surface area contributed by atoms with Crippen LogP contribution < -0.4 is 39.1 Å². The molecule has 0 aliphatic heterocycles. The zero-order valence-electron chi connectivity index (χ0n) is 14.3. The Morgan fingerprint density at radius 2 is 0.645 bits per heavy atom. The molecular weight excluding hydrogens is 932 g/mol. The second-order valence-electron chi connectivity index (χ2n) is 2.94. The van der Waals surface area contributed by atoms with E-state index in [0.717, 1.165) is 11.5 Å². The number of rotatable bonds is 5. The van der Waals surface area contributed by atoms with Crippen molar-refractivity contribution in [1.82, 2.24) is 0 Å². The predicted molar refractivity (Wildman–Crippen MR) is 132 cm³/mol. The topological polar surface area (TPSA) is 184 Å². The molecule has 25 heteroatoms. The molecule has 0 aromatic carbocycles. The summed E-state index contributed by atoms with van der Waals surface area (Å²) < 4.78 is 0. The first-order valence-electron chi connectivity index (χ1n) is 5.30. The first-order chi connectivity index (χ1) is 11.9. The minimum atomic E-state index is -3.72. The number of hydrogen-bond acceptors (Lipinski definition) is 18. The molecule has 31 heavy (non-hydrogen) atoms. The van der Waals surface area contributed by atoms with Crippen molar-refractivity contribution >= 4 is 141 Å². The summed E-state index contributed by atoms with van der Waals surface area (Å²) in [5.74, 6) is 2.05. The zero-order valence-corrected chi connectivity index (χ0v) is 32.1. The molecule has 0 aliphatic carbocycles. The van der Waals surface area contributed by atoms with E-state index in [0.29, 0.717) is 0 Å². The van der Waals surface area contributed by atoms with Crippen LogP contribution in [0.15, 0.2) is 25.3 Å². The average molecular weight is 943 g/mol. The van der Waals surface area contributed by atoms with Crippen LogP contribution in [-0.4, -0.2) is 11.5 Å². The van der Waals surface area contributed by atoms with Gasteiger partial charge in [-0.2, -0.15) is 47.2 Å².